The van der Waals surface area contributed by atoms with Gasteiger partial charge >= 0.3 is 5.97 Å². The fourth-order valence-corrected chi connectivity index (χ4v) is 2.00. The molecule has 0 aromatic carbocycles. The fourth-order valence-electron chi connectivity index (χ4n) is 2.00. The van der Waals surface area contributed by atoms with Gasteiger partial charge in [-0.2, -0.15) is 0 Å². The van der Waals surface area contributed by atoms with E-state index in [-0.39, 0.29) is 12.1 Å². The Hall–Kier alpha value is -1.36. The van der Waals surface area contributed by atoms with Crippen molar-refractivity contribution < 1.29 is 14.3 Å². The summed E-state index contributed by atoms with van der Waals surface area (Å²) in [4.78, 5) is 16.4. The van der Waals surface area contributed by atoms with E-state index in [1.807, 2.05) is 31.7 Å². The van der Waals surface area contributed by atoms with Gasteiger partial charge in [-0.15, -0.1) is 0 Å². The molecule has 0 saturated carbocycles. The molecule has 1 heterocycles. The lowest BCUT2D eigenvalue weighted by molar-refractivity contribution is -0.149. The summed E-state index contributed by atoms with van der Waals surface area (Å²) in [5.41, 5.74) is 0. The summed E-state index contributed by atoms with van der Waals surface area (Å²) in [6.45, 7) is 6.65. The van der Waals surface area contributed by atoms with Gasteiger partial charge < -0.3 is 14.0 Å². The number of carbonyl (C=O) groups excluding carboxylic acids is 1. The zero-order valence-electron chi connectivity index (χ0n) is 11.5. The molecule has 1 aromatic heterocycles. The molecule has 0 saturated heterocycles. The van der Waals surface area contributed by atoms with Gasteiger partial charge in [0.25, 0.3) is 0 Å². The third kappa shape index (κ3) is 3.32. The van der Waals surface area contributed by atoms with Crippen LogP contribution in [-0.4, -0.2) is 34.8 Å². The fraction of sp³-hybridized carbons (Fsp3) is 0.692. The first-order chi connectivity index (χ1) is 8.65. The van der Waals surface area contributed by atoms with Crippen molar-refractivity contribution in [3.8, 4) is 0 Å². The maximum atomic E-state index is 12.1. The van der Waals surface area contributed by atoms with Crippen LogP contribution in [0.5, 0.6) is 0 Å². The van der Waals surface area contributed by atoms with Crippen LogP contribution in [0.2, 0.25) is 0 Å². The number of carbonyl (C=O) groups is 1. The maximum absolute atomic E-state index is 12.1. The first kappa shape index (κ1) is 14.7. The van der Waals surface area contributed by atoms with Crippen LogP contribution >= 0.6 is 0 Å². The van der Waals surface area contributed by atoms with E-state index in [1.54, 1.807) is 13.1 Å². The van der Waals surface area contributed by atoms with Gasteiger partial charge in [0.15, 0.2) is 0 Å². The quantitative estimate of drug-likeness (QED) is 0.697. The molecule has 0 aliphatic rings. The minimum atomic E-state index is -0.463. The number of imidazole rings is 1. The molecule has 18 heavy (non-hydrogen) atoms. The smallest absolute Gasteiger partial charge is 0.319 e. The van der Waals surface area contributed by atoms with Crippen molar-refractivity contribution in [2.24, 2.45) is 7.05 Å². The highest BCUT2D eigenvalue weighted by Crippen LogP contribution is 2.24. The molecule has 0 aliphatic heterocycles. The van der Waals surface area contributed by atoms with Crippen molar-refractivity contribution in [2.45, 2.75) is 39.2 Å². The largest absolute Gasteiger partial charge is 0.465 e. The second kappa shape index (κ2) is 7.16. The predicted molar refractivity (Wildman–Crippen MR) is 68.3 cm³/mol. The molecule has 5 nitrogen and oxygen atoms in total. The SMILES string of the molecule is CCOC(=O)C(c1nccn1C)C(CC)OCC. The second-order valence-corrected chi connectivity index (χ2v) is 4.03. The number of nitrogens with zero attached hydrogens (tertiary/aromatic N) is 2. The molecule has 0 radical (unpaired) electrons. The van der Waals surface area contributed by atoms with Crippen LogP contribution in [0.15, 0.2) is 12.4 Å². The van der Waals surface area contributed by atoms with E-state index in [0.717, 1.165) is 6.42 Å². The van der Waals surface area contributed by atoms with Crippen LogP contribution in [0.25, 0.3) is 0 Å². The predicted octanol–water partition coefficient (Wildman–Crippen LogP) is 1.88. The van der Waals surface area contributed by atoms with Gasteiger partial charge in [0.1, 0.15) is 11.7 Å². The van der Waals surface area contributed by atoms with Crippen molar-refractivity contribution in [3.05, 3.63) is 18.2 Å². The molecule has 0 N–H and O–H groups in total. The van der Waals surface area contributed by atoms with E-state index in [4.69, 9.17) is 9.47 Å². The summed E-state index contributed by atoms with van der Waals surface area (Å²) >= 11 is 0. The number of hydrogen-bond acceptors (Lipinski definition) is 4. The average Bonchev–Trinajstić information content (AvgIpc) is 2.75. The van der Waals surface area contributed by atoms with Gasteiger partial charge in [0, 0.05) is 26.0 Å². The molecule has 0 amide bonds. The van der Waals surface area contributed by atoms with E-state index in [9.17, 15) is 4.79 Å². The van der Waals surface area contributed by atoms with Crippen molar-refractivity contribution >= 4 is 5.97 Å². The summed E-state index contributed by atoms with van der Waals surface area (Å²) in [5.74, 6) is -0.0456. The number of rotatable bonds is 7. The Morgan fingerprint density at radius 1 is 1.39 bits per heavy atom. The second-order valence-electron chi connectivity index (χ2n) is 4.03. The Bertz CT molecular complexity index is 376. The monoisotopic (exact) mass is 254 g/mol. The van der Waals surface area contributed by atoms with Gasteiger partial charge in [-0.3, -0.25) is 4.79 Å². The van der Waals surface area contributed by atoms with E-state index in [2.05, 4.69) is 4.98 Å². The molecule has 5 heteroatoms. The highest BCUT2D eigenvalue weighted by atomic mass is 16.5. The van der Waals surface area contributed by atoms with Crippen LogP contribution in [0, 0.1) is 0 Å². The summed E-state index contributed by atoms with van der Waals surface area (Å²) < 4.78 is 12.6. The van der Waals surface area contributed by atoms with Crippen LogP contribution in [0.1, 0.15) is 38.9 Å². The summed E-state index contributed by atoms with van der Waals surface area (Å²) in [7, 11) is 1.87. The van der Waals surface area contributed by atoms with Crippen LogP contribution in [0.4, 0.5) is 0 Å². The van der Waals surface area contributed by atoms with Crippen molar-refractivity contribution in [1.82, 2.24) is 9.55 Å². The Kier molecular flexibility index (Phi) is 5.85. The molecule has 102 valence electrons. The molecule has 2 unspecified atom stereocenters. The van der Waals surface area contributed by atoms with Gasteiger partial charge in [0.2, 0.25) is 0 Å². The standard InChI is InChI=1S/C13H22N2O3/c1-5-10(17-6-2)11(13(16)18-7-3)12-14-8-9-15(12)4/h8-11H,5-7H2,1-4H3. The highest BCUT2D eigenvalue weighted by molar-refractivity contribution is 5.78. The van der Waals surface area contributed by atoms with Crippen molar-refractivity contribution in [2.75, 3.05) is 13.2 Å². The van der Waals surface area contributed by atoms with Crippen LogP contribution in [0.3, 0.4) is 0 Å². The number of aromatic nitrogens is 2. The number of ether oxygens (including phenoxy) is 2. The topological polar surface area (TPSA) is 53.3 Å². The molecule has 1 rings (SSSR count). The average molecular weight is 254 g/mol. The zero-order chi connectivity index (χ0) is 13.5. The molecule has 1 aromatic rings. The highest BCUT2D eigenvalue weighted by Gasteiger charge is 2.33. The zero-order valence-corrected chi connectivity index (χ0v) is 11.5. The summed E-state index contributed by atoms with van der Waals surface area (Å²) in [6, 6.07) is 0. The summed E-state index contributed by atoms with van der Waals surface area (Å²) in [5, 5.41) is 0. The van der Waals surface area contributed by atoms with E-state index in [0.29, 0.717) is 19.0 Å². The Morgan fingerprint density at radius 2 is 2.11 bits per heavy atom. The normalized spacial score (nSPS) is 14.2. The van der Waals surface area contributed by atoms with E-state index >= 15 is 0 Å². The Balaban J connectivity index is 3.01. The minimum Gasteiger partial charge on any atom is -0.465 e. The van der Waals surface area contributed by atoms with Gasteiger partial charge in [-0.25, -0.2) is 4.98 Å². The molecule has 0 bridgehead atoms. The molecular weight excluding hydrogens is 232 g/mol. The van der Waals surface area contributed by atoms with Crippen molar-refractivity contribution in [1.29, 1.82) is 0 Å². The third-order valence-electron chi connectivity index (χ3n) is 2.83. The molecule has 0 aliphatic carbocycles. The molecule has 0 spiro atoms. The lowest BCUT2D eigenvalue weighted by Crippen LogP contribution is -2.32. The summed E-state index contributed by atoms with van der Waals surface area (Å²) in [6.07, 6.45) is 4.04. The molecule has 0 fully saturated rings. The maximum Gasteiger partial charge on any atom is 0.319 e. The number of aryl methyl sites for hydroxylation is 1. The van der Waals surface area contributed by atoms with Gasteiger partial charge in [-0.1, -0.05) is 6.92 Å². The van der Waals surface area contributed by atoms with Crippen LogP contribution in [-0.2, 0) is 21.3 Å². The minimum absolute atomic E-state index is 0.199. The van der Waals surface area contributed by atoms with Gasteiger partial charge in [0.05, 0.1) is 12.7 Å². The number of esters is 1. The first-order valence-corrected chi connectivity index (χ1v) is 6.41. The van der Waals surface area contributed by atoms with Crippen molar-refractivity contribution in [3.63, 3.8) is 0 Å². The Labute approximate surface area is 108 Å². The van der Waals surface area contributed by atoms with E-state index in [1.165, 1.54) is 0 Å². The van der Waals surface area contributed by atoms with E-state index < -0.39 is 5.92 Å². The van der Waals surface area contributed by atoms with Crippen LogP contribution < -0.4 is 0 Å². The van der Waals surface area contributed by atoms with Gasteiger partial charge in [-0.05, 0) is 20.3 Å². The first-order valence-electron chi connectivity index (χ1n) is 6.41. The molecule has 2 atom stereocenters. The lowest BCUT2D eigenvalue weighted by atomic mass is 9.99. The number of hydrogen-bond donors (Lipinski definition) is 0. The third-order valence-corrected chi connectivity index (χ3v) is 2.83. The molecular formula is C13H22N2O3. The Morgan fingerprint density at radius 3 is 2.56 bits per heavy atom. The lowest BCUT2D eigenvalue weighted by Gasteiger charge is -2.24.